The fourth-order valence-corrected chi connectivity index (χ4v) is 1.84. The summed E-state index contributed by atoms with van der Waals surface area (Å²) in [6.45, 7) is 2.40. The zero-order chi connectivity index (χ0) is 15.2. The SMILES string of the molecule is Cc1ccc(C(=O)NCc2ccc(NC(N)=O)cc2)cc1. The Bertz CT molecular complexity index is 634. The Morgan fingerprint density at radius 3 is 2.19 bits per heavy atom. The monoisotopic (exact) mass is 283 g/mol. The topological polar surface area (TPSA) is 84.2 Å². The second-order valence-electron chi connectivity index (χ2n) is 4.73. The van der Waals surface area contributed by atoms with Crippen LogP contribution in [0.3, 0.4) is 0 Å². The molecule has 0 radical (unpaired) electrons. The maximum Gasteiger partial charge on any atom is 0.316 e. The van der Waals surface area contributed by atoms with Gasteiger partial charge in [-0.3, -0.25) is 4.79 Å². The van der Waals surface area contributed by atoms with Gasteiger partial charge in [0.2, 0.25) is 0 Å². The molecule has 0 atom stereocenters. The number of anilines is 1. The summed E-state index contributed by atoms with van der Waals surface area (Å²) in [7, 11) is 0. The minimum absolute atomic E-state index is 0.116. The average molecular weight is 283 g/mol. The van der Waals surface area contributed by atoms with Crippen LogP contribution < -0.4 is 16.4 Å². The van der Waals surface area contributed by atoms with Gasteiger partial charge in [0.1, 0.15) is 0 Å². The van der Waals surface area contributed by atoms with E-state index in [0.717, 1.165) is 11.1 Å². The third-order valence-electron chi connectivity index (χ3n) is 2.99. The van der Waals surface area contributed by atoms with Gasteiger partial charge in [-0.1, -0.05) is 29.8 Å². The van der Waals surface area contributed by atoms with Crippen LogP contribution in [0.2, 0.25) is 0 Å². The maximum absolute atomic E-state index is 12.0. The van der Waals surface area contributed by atoms with Crippen LogP contribution in [0.25, 0.3) is 0 Å². The van der Waals surface area contributed by atoms with Crippen molar-refractivity contribution in [1.82, 2.24) is 5.32 Å². The molecule has 0 aliphatic rings. The van der Waals surface area contributed by atoms with Crippen molar-refractivity contribution in [2.45, 2.75) is 13.5 Å². The third kappa shape index (κ3) is 4.35. The number of aryl methyl sites for hydroxylation is 1. The molecule has 0 aliphatic carbocycles. The summed E-state index contributed by atoms with van der Waals surface area (Å²) in [5.74, 6) is -0.116. The van der Waals surface area contributed by atoms with Gasteiger partial charge in [-0.2, -0.15) is 0 Å². The molecular formula is C16H17N3O2. The first kappa shape index (κ1) is 14.6. The summed E-state index contributed by atoms with van der Waals surface area (Å²) in [6.07, 6.45) is 0. The van der Waals surface area contributed by atoms with E-state index in [4.69, 9.17) is 5.73 Å². The number of primary amides is 1. The van der Waals surface area contributed by atoms with Gasteiger partial charge in [0.05, 0.1) is 0 Å². The number of rotatable bonds is 4. The van der Waals surface area contributed by atoms with Gasteiger partial charge in [-0.05, 0) is 36.8 Å². The van der Waals surface area contributed by atoms with Crippen molar-refractivity contribution >= 4 is 17.6 Å². The summed E-state index contributed by atoms with van der Waals surface area (Å²) >= 11 is 0. The first-order valence-corrected chi connectivity index (χ1v) is 6.55. The largest absolute Gasteiger partial charge is 0.351 e. The number of nitrogens with two attached hydrogens (primary N) is 1. The van der Waals surface area contributed by atoms with Crippen molar-refractivity contribution in [2.24, 2.45) is 5.73 Å². The number of urea groups is 1. The number of carbonyl (C=O) groups is 2. The molecular weight excluding hydrogens is 266 g/mol. The summed E-state index contributed by atoms with van der Waals surface area (Å²) in [4.78, 5) is 22.7. The second-order valence-corrected chi connectivity index (χ2v) is 4.73. The molecule has 3 amide bonds. The molecule has 0 bridgehead atoms. The molecule has 0 saturated heterocycles. The molecule has 0 unspecified atom stereocenters. The number of carbonyl (C=O) groups excluding carboxylic acids is 2. The van der Waals surface area contributed by atoms with Crippen LogP contribution in [-0.2, 0) is 6.54 Å². The standard InChI is InChI=1S/C16H17N3O2/c1-11-2-6-13(7-3-11)15(20)18-10-12-4-8-14(9-5-12)19-16(17)21/h2-9H,10H2,1H3,(H,18,20)(H3,17,19,21). The Balaban J connectivity index is 1.92. The van der Waals surface area contributed by atoms with Crippen molar-refractivity contribution in [3.8, 4) is 0 Å². The molecule has 108 valence electrons. The van der Waals surface area contributed by atoms with E-state index in [1.54, 1.807) is 24.3 Å². The molecule has 0 spiro atoms. The van der Waals surface area contributed by atoms with Gasteiger partial charge >= 0.3 is 6.03 Å². The lowest BCUT2D eigenvalue weighted by Crippen LogP contribution is -2.22. The number of hydrogen-bond acceptors (Lipinski definition) is 2. The van der Waals surface area contributed by atoms with Crippen LogP contribution in [0.4, 0.5) is 10.5 Å². The van der Waals surface area contributed by atoms with E-state index in [2.05, 4.69) is 10.6 Å². The lowest BCUT2D eigenvalue weighted by Gasteiger charge is -2.07. The normalized spacial score (nSPS) is 9.95. The highest BCUT2D eigenvalue weighted by Crippen LogP contribution is 2.09. The second kappa shape index (κ2) is 6.56. The highest BCUT2D eigenvalue weighted by atomic mass is 16.2. The summed E-state index contributed by atoms with van der Waals surface area (Å²) in [6, 6.07) is 13.9. The van der Waals surface area contributed by atoms with Crippen LogP contribution >= 0.6 is 0 Å². The quantitative estimate of drug-likeness (QED) is 0.805. The minimum atomic E-state index is -0.601. The number of hydrogen-bond donors (Lipinski definition) is 3. The molecule has 5 nitrogen and oxygen atoms in total. The Hall–Kier alpha value is -2.82. The molecule has 0 saturated carbocycles. The van der Waals surface area contributed by atoms with Crippen LogP contribution in [0.5, 0.6) is 0 Å². The third-order valence-corrected chi connectivity index (χ3v) is 2.99. The highest BCUT2D eigenvalue weighted by Gasteiger charge is 2.04. The smallest absolute Gasteiger partial charge is 0.316 e. The van der Waals surface area contributed by atoms with Gasteiger partial charge in [-0.15, -0.1) is 0 Å². The summed E-state index contributed by atoms with van der Waals surface area (Å²) in [5.41, 5.74) is 8.33. The van der Waals surface area contributed by atoms with E-state index >= 15 is 0 Å². The molecule has 2 aromatic rings. The van der Waals surface area contributed by atoms with E-state index < -0.39 is 6.03 Å². The van der Waals surface area contributed by atoms with Crippen LogP contribution in [0, 0.1) is 6.92 Å². The fraction of sp³-hybridized carbons (Fsp3) is 0.125. The van der Waals surface area contributed by atoms with Crippen molar-refractivity contribution in [3.05, 3.63) is 65.2 Å². The highest BCUT2D eigenvalue weighted by molar-refractivity contribution is 5.94. The predicted octanol–water partition coefficient (Wildman–Crippen LogP) is 2.42. The molecule has 0 aliphatic heterocycles. The lowest BCUT2D eigenvalue weighted by molar-refractivity contribution is 0.0951. The van der Waals surface area contributed by atoms with E-state index in [9.17, 15) is 9.59 Å². The van der Waals surface area contributed by atoms with E-state index in [-0.39, 0.29) is 5.91 Å². The Kier molecular flexibility index (Phi) is 4.56. The molecule has 21 heavy (non-hydrogen) atoms. The number of nitrogens with one attached hydrogen (secondary N) is 2. The Labute approximate surface area is 123 Å². The first-order chi connectivity index (χ1) is 10.0. The molecule has 2 aromatic carbocycles. The van der Waals surface area contributed by atoms with Gasteiger partial charge in [0, 0.05) is 17.8 Å². The average Bonchev–Trinajstić information content (AvgIpc) is 2.46. The molecule has 0 heterocycles. The van der Waals surface area contributed by atoms with Crippen molar-refractivity contribution < 1.29 is 9.59 Å². The number of benzene rings is 2. The lowest BCUT2D eigenvalue weighted by atomic mass is 10.1. The van der Waals surface area contributed by atoms with Gasteiger partial charge in [-0.25, -0.2) is 4.79 Å². The molecule has 5 heteroatoms. The van der Waals surface area contributed by atoms with Crippen molar-refractivity contribution in [2.75, 3.05) is 5.32 Å². The Morgan fingerprint density at radius 2 is 1.62 bits per heavy atom. The van der Waals surface area contributed by atoms with E-state index in [0.29, 0.717) is 17.8 Å². The zero-order valence-electron chi connectivity index (χ0n) is 11.7. The first-order valence-electron chi connectivity index (χ1n) is 6.55. The molecule has 2 rings (SSSR count). The van der Waals surface area contributed by atoms with Crippen LogP contribution in [0.15, 0.2) is 48.5 Å². The summed E-state index contributed by atoms with van der Waals surface area (Å²) in [5, 5.41) is 5.32. The van der Waals surface area contributed by atoms with Crippen LogP contribution in [0.1, 0.15) is 21.5 Å². The summed E-state index contributed by atoms with van der Waals surface area (Å²) < 4.78 is 0. The van der Waals surface area contributed by atoms with Crippen LogP contribution in [-0.4, -0.2) is 11.9 Å². The van der Waals surface area contributed by atoms with Gasteiger partial charge in [0.15, 0.2) is 0 Å². The molecule has 0 aromatic heterocycles. The van der Waals surface area contributed by atoms with Gasteiger partial charge < -0.3 is 16.4 Å². The number of amides is 3. The minimum Gasteiger partial charge on any atom is -0.351 e. The predicted molar refractivity (Wildman–Crippen MR) is 82.0 cm³/mol. The molecule has 4 N–H and O–H groups in total. The molecule has 0 fully saturated rings. The fourth-order valence-electron chi connectivity index (χ4n) is 1.84. The Morgan fingerprint density at radius 1 is 1.00 bits per heavy atom. The van der Waals surface area contributed by atoms with E-state index in [1.807, 2.05) is 31.2 Å². The maximum atomic E-state index is 12.0. The van der Waals surface area contributed by atoms with E-state index in [1.165, 1.54) is 0 Å². The van der Waals surface area contributed by atoms with Crippen molar-refractivity contribution in [1.29, 1.82) is 0 Å². The van der Waals surface area contributed by atoms with Crippen molar-refractivity contribution in [3.63, 3.8) is 0 Å². The van der Waals surface area contributed by atoms with Gasteiger partial charge in [0.25, 0.3) is 5.91 Å². The zero-order valence-corrected chi connectivity index (χ0v) is 11.7.